The van der Waals surface area contributed by atoms with Gasteiger partial charge in [-0.15, -0.1) is 0 Å². The number of hydrogen-bond donors (Lipinski definition) is 1. The van der Waals surface area contributed by atoms with Crippen molar-refractivity contribution < 1.29 is 4.79 Å². The minimum absolute atomic E-state index is 0.230. The number of carbonyl (C=O) groups is 1. The summed E-state index contributed by atoms with van der Waals surface area (Å²) in [5.41, 5.74) is 1.57. The van der Waals surface area contributed by atoms with E-state index in [9.17, 15) is 4.79 Å². The van der Waals surface area contributed by atoms with E-state index in [0.717, 1.165) is 56.8 Å². The maximum absolute atomic E-state index is 11.3. The molecule has 2 aliphatic rings. The van der Waals surface area contributed by atoms with Gasteiger partial charge in [0.1, 0.15) is 0 Å². The molecule has 0 radical (unpaired) electrons. The monoisotopic (exact) mass is 278 g/mol. The summed E-state index contributed by atoms with van der Waals surface area (Å²) in [6.07, 6.45) is 7.31. The van der Waals surface area contributed by atoms with Crippen molar-refractivity contribution in [2.75, 3.05) is 26.2 Å². The van der Waals surface area contributed by atoms with Crippen molar-refractivity contribution >= 4 is 5.91 Å². The second kappa shape index (κ2) is 7.26. The quantitative estimate of drug-likeness (QED) is 0.802. The van der Waals surface area contributed by atoms with Crippen LogP contribution >= 0.6 is 0 Å². The first-order valence-electron chi connectivity index (χ1n) is 8.20. The molecule has 114 valence electrons. The Morgan fingerprint density at radius 2 is 2.00 bits per heavy atom. The van der Waals surface area contributed by atoms with Crippen molar-refractivity contribution in [3.63, 3.8) is 0 Å². The predicted octanol–water partition coefficient (Wildman–Crippen LogP) is 2.83. The first-order valence-corrected chi connectivity index (χ1v) is 8.20. The van der Waals surface area contributed by atoms with E-state index in [1.54, 1.807) is 12.5 Å². The van der Waals surface area contributed by atoms with Crippen molar-refractivity contribution in [2.45, 2.75) is 46.5 Å². The molecule has 0 saturated carbocycles. The zero-order chi connectivity index (χ0) is 14.5. The van der Waals surface area contributed by atoms with Gasteiger partial charge in [0, 0.05) is 26.6 Å². The molecule has 0 bridgehead atoms. The Kier molecular flexibility index (Phi) is 5.64. The minimum Gasteiger partial charge on any atom is -0.343 e. The molecular formula is C17H30N2O. The Morgan fingerprint density at radius 1 is 1.30 bits per heavy atom. The third-order valence-corrected chi connectivity index (χ3v) is 5.22. The molecule has 20 heavy (non-hydrogen) atoms. The summed E-state index contributed by atoms with van der Waals surface area (Å²) < 4.78 is 0. The largest absolute Gasteiger partial charge is 0.343 e. The van der Waals surface area contributed by atoms with Crippen molar-refractivity contribution in [1.29, 1.82) is 0 Å². The van der Waals surface area contributed by atoms with Crippen LogP contribution in [0.5, 0.6) is 0 Å². The highest BCUT2D eigenvalue weighted by molar-refractivity contribution is 5.73. The van der Waals surface area contributed by atoms with Gasteiger partial charge in [0.05, 0.1) is 0 Å². The van der Waals surface area contributed by atoms with Crippen molar-refractivity contribution in [2.24, 2.45) is 17.8 Å². The molecule has 1 heterocycles. The standard InChI is InChI=1S/C17H30N2O/c1-13-5-4-6-14(2)17(13)12-18-11-16-7-9-19(10-8-16)15(3)20/h5,14,16-18H,4,6-12H2,1-3H3. The molecule has 2 unspecified atom stereocenters. The van der Waals surface area contributed by atoms with E-state index >= 15 is 0 Å². The summed E-state index contributed by atoms with van der Waals surface area (Å²) in [7, 11) is 0. The summed E-state index contributed by atoms with van der Waals surface area (Å²) in [6.45, 7) is 10.5. The molecule has 1 aliphatic heterocycles. The Morgan fingerprint density at radius 3 is 2.60 bits per heavy atom. The zero-order valence-electron chi connectivity index (χ0n) is 13.3. The number of likely N-dealkylation sites (tertiary alicyclic amines) is 1. The minimum atomic E-state index is 0.230. The molecule has 2 atom stereocenters. The van der Waals surface area contributed by atoms with E-state index in [2.05, 4.69) is 25.2 Å². The molecule has 3 nitrogen and oxygen atoms in total. The molecule has 1 fully saturated rings. The van der Waals surface area contributed by atoms with Crippen LogP contribution < -0.4 is 5.32 Å². The Bertz CT molecular complexity index is 356. The fourth-order valence-corrected chi connectivity index (χ4v) is 3.63. The molecule has 0 aromatic carbocycles. The van der Waals surface area contributed by atoms with E-state index in [1.165, 1.54) is 12.8 Å². The average Bonchev–Trinajstić information content (AvgIpc) is 2.42. The summed E-state index contributed by atoms with van der Waals surface area (Å²) >= 11 is 0. The van der Waals surface area contributed by atoms with Gasteiger partial charge in [-0.3, -0.25) is 4.79 Å². The first-order chi connectivity index (χ1) is 9.58. The SMILES string of the molecule is CC(=O)N1CCC(CNCC2C(C)=CCCC2C)CC1. The maximum Gasteiger partial charge on any atom is 0.219 e. The Balaban J connectivity index is 1.68. The van der Waals surface area contributed by atoms with Gasteiger partial charge in [0.25, 0.3) is 0 Å². The maximum atomic E-state index is 11.3. The van der Waals surface area contributed by atoms with Gasteiger partial charge in [-0.2, -0.15) is 0 Å². The molecule has 1 amide bonds. The van der Waals surface area contributed by atoms with E-state index in [0.29, 0.717) is 0 Å². The summed E-state index contributed by atoms with van der Waals surface area (Å²) in [5.74, 6) is 2.51. The average molecular weight is 278 g/mol. The van der Waals surface area contributed by atoms with Crippen LogP contribution in [0.15, 0.2) is 11.6 Å². The molecule has 1 saturated heterocycles. The summed E-state index contributed by atoms with van der Waals surface area (Å²) in [6, 6.07) is 0. The molecule has 1 aliphatic carbocycles. The van der Waals surface area contributed by atoms with E-state index in [-0.39, 0.29) is 5.91 Å². The molecule has 0 aromatic rings. The van der Waals surface area contributed by atoms with Gasteiger partial charge in [0.2, 0.25) is 5.91 Å². The molecule has 1 N–H and O–H groups in total. The number of nitrogens with zero attached hydrogens (tertiary/aromatic N) is 1. The molecular weight excluding hydrogens is 248 g/mol. The lowest BCUT2D eigenvalue weighted by atomic mass is 9.80. The summed E-state index contributed by atoms with van der Waals surface area (Å²) in [4.78, 5) is 13.3. The van der Waals surface area contributed by atoms with Gasteiger partial charge in [-0.25, -0.2) is 0 Å². The molecule has 0 spiro atoms. The number of carbonyl (C=O) groups excluding carboxylic acids is 1. The van der Waals surface area contributed by atoms with Gasteiger partial charge in [-0.05, 0) is 56.9 Å². The fraction of sp³-hybridized carbons (Fsp3) is 0.824. The normalized spacial score (nSPS) is 28.4. The van der Waals surface area contributed by atoms with E-state index in [1.807, 2.05) is 4.90 Å². The highest BCUT2D eigenvalue weighted by Crippen LogP contribution is 2.29. The van der Waals surface area contributed by atoms with Crippen LogP contribution in [0.25, 0.3) is 0 Å². The zero-order valence-corrected chi connectivity index (χ0v) is 13.3. The Labute approximate surface area is 123 Å². The number of rotatable bonds is 4. The second-order valence-corrected chi connectivity index (χ2v) is 6.72. The van der Waals surface area contributed by atoms with Crippen molar-refractivity contribution in [1.82, 2.24) is 10.2 Å². The number of piperidine rings is 1. The third kappa shape index (κ3) is 4.08. The van der Waals surface area contributed by atoms with E-state index in [4.69, 9.17) is 0 Å². The highest BCUT2D eigenvalue weighted by Gasteiger charge is 2.23. The van der Waals surface area contributed by atoms with Crippen LogP contribution in [-0.4, -0.2) is 37.0 Å². The number of nitrogens with one attached hydrogen (secondary N) is 1. The lowest BCUT2D eigenvalue weighted by molar-refractivity contribution is -0.130. The molecule has 2 rings (SSSR count). The number of hydrogen-bond acceptors (Lipinski definition) is 2. The summed E-state index contributed by atoms with van der Waals surface area (Å²) in [5, 5.41) is 3.69. The van der Waals surface area contributed by atoms with Crippen molar-refractivity contribution in [3.05, 3.63) is 11.6 Å². The topological polar surface area (TPSA) is 32.3 Å². The van der Waals surface area contributed by atoms with Crippen molar-refractivity contribution in [3.8, 4) is 0 Å². The van der Waals surface area contributed by atoms with Gasteiger partial charge in [-0.1, -0.05) is 18.6 Å². The fourth-order valence-electron chi connectivity index (χ4n) is 3.63. The third-order valence-electron chi connectivity index (χ3n) is 5.22. The highest BCUT2D eigenvalue weighted by atomic mass is 16.2. The van der Waals surface area contributed by atoms with Crippen LogP contribution in [0.4, 0.5) is 0 Å². The second-order valence-electron chi connectivity index (χ2n) is 6.72. The number of allylic oxidation sites excluding steroid dienone is 1. The first kappa shape index (κ1) is 15.6. The lowest BCUT2D eigenvalue weighted by Crippen LogP contribution is -2.40. The Hall–Kier alpha value is -0.830. The van der Waals surface area contributed by atoms with Gasteiger partial charge >= 0.3 is 0 Å². The van der Waals surface area contributed by atoms with Crippen LogP contribution in [0.3, 0.4) is 0 Å². The van der Waals surface area contributed by atoms with Crippen LogP contribution in [0.2, 0.25) is 0 Å². The van der Waals surface area contributed by atoms with Gasteiger partial charge in [0.15, 0.2) is 0 Å². The van der Waals surface area contributed by atoms with Crippen LogP contribution in [-0.2, 0) is 4.79 Å². The van der Waals surface area contributed by atoms with Crippen LogP contribution in [0.1, 0.15) is 46.5 Å². The molecule has 3 heteroatoms. The lowest BCUT2D eigenvalue weighted by Gasteiger charge is -2.33. The van der Waals surface area contributed by atoms with E-state index < -0.39 is 0 Å². The van der Waals surface area contributed by atoms with Crippen LogP contribution in [0, 0.1) is 17.8 Å². The number of amides is 1. The predicted molar refractivity (Wildman–Crippen MR) is 83.5 cm³/mol. The van der Waals surface area contributed by atoms with Gasteiger partial charge < -0.3 is 10.2 Å². The smallest absolute Gasteiger partial charge is 0.219 e. The molecule has 0 aromatic heterocycles.